The van der Waals surface area contributed by atoms with Gasteiger partial charge in [0, 0.05) is 27.5 Å². The molecule has 0 bridgehead atoms. The zero-order valence-corrected chi connectivity index (χ0v) is 16.0. The van der Waals surface area contributed by atoms with Gasteiger partial charge in [0.1, 0.15) is 5.82 Å². The number of halogens is 3. The Bertz CT molecular complexity index is 932. The zero-order chi connectivity index (χ0) is 19.3. The molecular weight excluding hydrogens is 402 g/mol. The molecule has 0 N–H and O–H groups in total. The zero-order valence-electron chi connectivity index (χ0n) is 13.7. The predicted molar refractivity (Wildman–Crippen MR) is 101 cm³/mol. The topological polar surface area (TPSA) is 86.1 Å². The van der Waals surface area contributed by atoms with Gasteiger partial charge in [-0.2, -0.15) is 0 Å². The maximum atomic E-state index is 14.4. The summed E-state index contributed by atoms with van der Waals surface area (Å²) in [6.45, 7) is 1.66. The van der Waals surface area contributed by atoms with Gasteiger partial charge in [-0.3, -0.25) is 4.31 Å². The summed E-state index contributed by atoms with van der Waals surface area (Å²) in [6, 6.07) is 8.54. The monoisotopic (exact) mass is 416 g/mol. The fraction of sp³-hybridized carbons (Fsp3) is 0.250. The number of sulfonamides is 1. The van der Waals surface area contributed by atoms with Crippen molar-refractivity contribution < 1.29 is 12.8 Å². The SMILES string of the molecule is C[C@H](CCN=[N+]=[N-])N(c1cc(Cl)ccc1F)S(=O)(=O)c1ccc(Cl)cc1. The Kier molecular flexibility index (Phi) is 6.72. The summed E-state index contributed by atoms with van der Waals surface area (Å²) in [5.41, 5.74) is 8.24. The molecule has 0 aliphatic rings. The minimum absolute atomic E-state index is 0.0445. The highest BCUT2D eigenvalue weighted by atomic mass is 35.5. The van der Waals surface area contributed by atoms with Crippen LogP contribution < -0.4 is 4.31 Å². The molecule has 0 aliphatic carbocycles. The Labute approximate surface area is 160 Å². The van der Waals surface area contributed by atoms with Crippen molar-refractivity contribution in [2.24, 2.45) is 5.11 Å². The van der Waals surface area contributed by atoms with Crippen molar-refractivity contribution in [3.63, 3.8) is 0 Å². The van der Waals surface area contributed by atoms with E-state index in [1.165, 1.54) is 36.4 Å². The standard InChI is InChI=1S/C16H15Cl2FN4O2S/c1-11(8-9-21-22-20)23(16-10-13(18)4-7-15(16)19)26(24,25)14-5-2-12(17)3-6-14/h2-7,10-11H,8-9H2,1H3/t11-/m1/s1. The van der Waals surface area contributed by atoms with E-state index in [-0.39, 0.29) is 28.6 Å². The quantitative estimate of drug-likeness (QED) is 0.342. The molecule has 0 saturated carbocycles. The Morgan fingerprint density at radius 1 is 1.19 bits per heavy atom. The van der Waals surface area contributed by atoms with Crippen LogP contribution in [0.2, 0.25) is 10.0 Å². The molecule has 2 rings (SSSR count). The molecule has 1 atom stereocenters. The third kappa shape index (κ3) is 4.59. The molecule has 0 saturated heterocycles. The molecule has 26 heavy (non-hydrogen) atoms. The molecule has 0 amide bonds. The van der Waals surface area contributed by atoms with Gasteiger partial charge in [0.05, 0.1) is 10.6 Å². The van der Waals surface area contributed by atoms with Crippen molar-refractivity contribution in [3.05, 3.63) is 68.8 Å². The van der Waals surface area contributed by atoms with Crippen molar-refractivity contribution in [1.82, 2.24) is 0 Å². The van der Waals surface area contributed by atoms with Gasteiger partial charge >= 0.3 is 0 Å². The number of benzene rings is 2. The van der Waals surface area contributed by atoms with Crippen LogP contribution in [0.1, 0.15) is 13.3 Å². The van der Waals surface area contributed by atoms with E-state index in [1.807, 2.05) is 0 Å². The van der Waals surface area contributed by atoms with Gasteiger partial charge in [-0.05, 0) is 61.3 Å². The Morgan fingerprint density at radius 3 is 2.42 bits per heavy atom. The molecule has 138 valence electrons. The van der Waals surface area contributed by atoms with Crippen LogP contribution in [0.25, 0.3) is 10.4 Å². The van der Waals surface area contributed by atoms with E-state index < -0.39 is 21.9 Å². The third-order valence-electron chi connectivity index (χ3n) is 3.63. The molecule has 0 aromatic heterocycles. The van der Waals surface area contributed by atoms with Crippen LogP contribution in [-0.4, -0.2) is 21.0 Å². The van der Waals surface area contributed by atoms with Crippen LogP contribution >= 0.6 is 23.2 Å². The smallest absolute Gasteiger partial charge is 0.261 e. The average Bonchev–Trinajstić information content (AvgIpc) is 2.58. The second-order valence-corrected chi connectivity index (χ2v) is 8.13. The second kappa shape index (κ2) is 8.60. The normalized spacial score (nSPS) is 12.3. The molecule has 10 heteroatoms. The first-order valence-corrected chi connectivity index (χ1v) is 9.73. The molecule has 0 aliphatic heterocycles. The maximum absolute atomic E-state index is 14.4. The molecule has 0 radical (unpaired) electrons. The number of nitrogens with zero attached hydrogens (tertiary/aromatic N) is 4. The lowest BCUT2D eigenvalue weighted by Crippen LogP contribution is -2.39. The molecular formula is C16H15Cl2FN4O2S. The molecule has 6 nitrogen and oxygen atoms in total. The van der Waals surface area contributed by atoms with Crippen LogP contribution in [0, 0.1) is 5.82 Å². The number of anilines is 1. The van der Waals surface area contributed by atoms with Crippen molar-refractivity contribution in [1.29, 1.82) is 0 Å². The molecule has 0 fully saturated rings. The number of hydrogen-bond donors (Lipinski definition) is 0. The van der Waals surface area contributed by atoms with E-state index in [9.17, 15) is 12.8 Å². The Hall–Kier alpha value is -1.99. The average molecular weight is 417 g/mol. The third-order valence-corrected chi connectivity index (χ3v) is 6.06. The van der Waals surface area contributed by atoms with Crippen LogP contribution in [0.15, 0.2) is 52.5 Å². The fourth-order valence-corrected chi connectivity index (χ4v) is 4.36. The summed E-state index contributed by atoms with van der Waals surface area (Å²) in [7, 11) is -4.11. The van der Waals surface area contributed by atoms with E-state index in [2.05, 4.69) is 10.0 Å². The number of rotatable bonds is 7. The van der Waals surface area contributed by atoms with E-state index in [1.54, 1.807) is 6.92 Å². The molecule has 0 heterocycles. The van der Waals surface area contributed by atoms with Gasteiger partial charge in [0.2, 0.25) is 0 Å². The van der Waals surface area contributed by atoms with Gasteiger partial charge < -0.3 is 0 Å². The highest BCUT2D eigenvalue weighted by Crippen LogP contribution is 2.32. The summed E-state index contributed by atoms with van der Waals surface area (Å²) in [5.74, 6) is -0.734. The van der Waals surface area contributed by atoms with E-state index >= 15 is 0 Å². The maximum Gasteiger partial charge on any atom is 0.264 e. The van der Waals surface area contributed by atoms with Crippen molar-refractivity contribution in [2.75, 3.05) is 10.8 Å². The second-order valence-electron chi connectivity index (χ2n) is 5.44. The van der Waals surface area contributed by atoms with Gasteiger partial charge in [0.25, 0.3) is 10.0 Å². The minimum atomic E-state index is -4.11. The predicted octanol–water partition coefficient (Wildman–Crippen LogP) is 5.42. The first-order chi connectivity index (χ1) is 12.3. The summed E-state index contributed by atoms with van der Waals surface area (Å²) in [5, 5.41) is 3.99. The van der Waals surface area contributed by atoms with E-state index in [0.29, 0.717) is 5.02 Å². The summed E-state index contributed by atoms with van der Waals surface area (Å²) in [4.78, 5) is 2.60. The largest absolute Gasteiger partial charge is 0.264 e. The highest BCUT2D eigenvalue weighted by molar-refractivity contribution is 7.92. The molecule has 2 aromatic rings. The minimum Gasteiger partial charge on any atom is -0.261 e. The first-order valence-electron chi connectivity index (χ1n) is 7.53. The van der Waals surface area contributed by atoms with Crippen LogP contribution in [0.5, 0.6) is 0 Å². The summed E-state index contributed by atoms with van der Waals surface area (Å²) >= 11 is 11.8. The number of hydrogen-bond acceptors (Lipinski definition) is 3. The highest BCUT2D eigenvalue weighted by Gasteiger charge is 2.31. The van der Waals surface area contributed by atoms with Gasteiger partial charge in [0.15, 0.2) is 0 Å². The van der Waals surface area contributed by atoms with Crippen molar-refractivity contribution in [3.8, 4) is 0 Å². The Balaban J connectivity index is 2.57. The molecule has 0 unspecified atom stereocenters. The van der Waals surface area contributed by atoms with E-state index in [0.717, 1.165) is 10.4 Å². The number of azide groups is 1. The lowest BCUT2D eigenvalue weighted by Gasteiger charge is -2.30. The molecule has 2 aromatic carbocycles. The first kappa shape index (κ1) is 20.3. The van der Waals surface area contributed by atoms with E-state index in [4.69, 9.17) is 28.7 Å². The van der Waals surface area contributed by atoms with Gasteiger partial charge in [-0.15, -0.1) is 0 Å². The van der Waals surface area contributed by atoms with Gasteiger partial charge in [-0.25, -0.2) is 12.8 Å². The van der Waals surface area contributed by atoms with Crippen molar-refractivity contribution in [2.45, 2.75) is 24.3 Å². The summed E-state index contributed by atoms with van der Waals surface area (Å²) in [6.07, 6.45) is 0.197. The van der Waals surface area contributed by atoms with Crippen LogP contribution in [0.4, 0.5) is 10.1 Å². The van der Waals surface area contributed by atoms with Gasteiger partial charge in [-0.1, -0.05) is 28.3 Å². The summed E-state index contributed by atoms with van der Waals surface area (Å²) < 4.78 is 41.7. The van der Waals surface area contributed by atoms with Crippen molar-refractivity contribution >= 4 is 38.9 Å². The Morgan fingerprint density at radius 2 is 1.81 bits per heavy atom. The lowest BCUT2D eigenvalue weighted by atomic mass is 10.2. The lowest BCUT2D eigenvalue weighted by molar-refractivity contribution is 0.564. The van der Waals surface area contributed by atoms with Crippen LogP contribution in [0.3, 0.4) is 0 Å². The molecule has 0 spiro atoms. The fourth-order valence-electron chi connectivity index (χ4n) is 2.39. The van der Waals surface area contributed by atoms with Crippen LogP contribution in [-0.2, 0) is 10.0 Å².